The fourth-order valence-electron chi connectivity index (χ4n) is 4.95. The van der Waals surface area contributed by atoms with Crippen LogP contribution in [-0.4, -0.2) is 67.1 Å². The minimum absolute atomic E-state index is 0.0833. The molecule has 0 aliphatic carbocycles. The number of amides is 1. The number of nitrogens with zero attached hydrogens (tertiary/aromatic N) is 6. The molecule has 7 nitrogen and oxygen atoms in total. The van der Waals surface area contributed by atoms with Gasteiger partial charge in [-0.2, -0.15) is 4.98 Å². The van der Waals surface area contributed by atoms with Crippen molar-refractivity contribution in [3.63, 3.8) is 0 Å². The van der Waals surface area contributed by atoms with Gasteiger partial charge in [-0.1, -0.05) is 36.4 Å². The van der Waals surface area contributed by atoms with E-state index in [0.29, 0.717) is 13.1 Å². The van der Waals surface area contributed by atoms with Crippen LogP contribution in [0.3, 0.4) is 0 Å². The number of carbonyl (C=O) groups excluding carboxylic acids is 1. The maximum Gasteiger partial charge on any atom is 0.254 e. The number of rotatable bonds is 5. The van der Waals surface area contributed by atoms with Crippen LogP contribution < -0.4 is 14.7 Å². The summed E-state index contributed by atoms with van der Waals surface area (Å²) in [6.45, 7) is 9.86. The summed E-state index contributed by atoms with van der Waals surface area (Å²) in [5, 5.41) is 0. The van der Waals surface area contributed by atoms with E-state index in [1.807, 2.05) is 36.1 Å². The highest BCUT2D eigenvalue weighted by atomic mass is 16.2. The van der Waals surface area contributed by atoms with Crippen molar-refractivity contribution in [2.75, 3.05) is 61.0 Å². The van der Waals surface area contributed by atoms with Crippen molar-refractivity contribution in [3.8, 4) is 0 Å². The van der Waals surface area contributed by atoms with Gasteiger partial charge in [0.15, 0.2) is 0 Å². The van der Waals surface area contributed by atoms with Crippen LogP contribution in [0.15, 0.2) is 54.6 Å². The van der Waals surface area contributed by atoms with Gasteiger partial charge in [0.2, 0.25) is 5.95 Å². The molecule has 0 atom stereocenters. The molecule has 0 bridgehead atoms. The maximum absolute atomic E-state index is 13.3. The predicted octanol–water partition coefficient (Wildman–Crippen LogP) is 3.77. The number of benzene rings is 2. The SMILES string of the molecule is CCN(C)c1nc(N2CCN(c3ccccc3)CC2)nc2c1CN(C(=O)c1ccccc1C)CC2. The van der Waals surface area contributed by atoms with Crippen LogP contribution in [0.25, 0.3) is 0 Å². The van der Waals surface area contributed by atoms with Crippen molar-refractivity contribution in [1.29, 1.82) is 0 Å². The topological polar surface area (TPSA) is 55.8 Å². The molecule has 0 spiro atoms. The van der Waals surface area contributed by atoms with E-state index in [2.05, 4.69) is 59.0 Å². The van der Waals surface area contributed by atoms with Crippen molar-refractivity contribution in [2.24, 2.45) is 0 Å². The Bertz CT molecular complexity index is 1190. The first-order valence-electron chi connectivity index (χ1n) is 12.6. The van der Waals surface area contributed by atoms with Gasteiger partial charge in [-0.05, 0) is 37.6 Å². The standard InChI is InChI=1S/C28H34N6O/c1-4-31(3)26-24-20-34(27(35)23-13-9-8-10-21(23)2)15-14-25(24)29-28(30-26)33-18-16-32(17-19-33)22-11-6-5-7-12-22/h5-13H,4,14-20H2,1-3H3. The Morgan fingerprint density at radius 2 is 1.60 bits per heavy atom. The Morgan fingerprint density at radius 3 is 2.31 bits per heavy atom. The molecule has 7 heteroatoms. The van der Waals surface area contributed by atoms with E-state index in [1.54, 1.807) is 0 Å². The highest BCUT2D eigenvalue weighted by Gasteiger charge is 2.29. The molecule has 2 aromatic carbocycles. The summed E-state index contributed by atoms with van der Waals surface area (Å²) in [5.41, 5.74) is 5.20. The molecule has 2 aliphatic rings. The number of piperazine rings is 1. The molecular formula is C28H34N6O. The average molecular weight is 471 g/mol. The van der Waals surface area contributed by atoms with Crippen LogP contribution in [0.2, 0.25) is 0 Å². The van der Waals surface area contributed by atoms with Gasteiger partial charge < -0.3 is 19.6 Å². The normalized spacial score (nSPS) is 15.7. The summed E-state index contributed by atoms with van der Waals surface area (Å²) in [6, 6.07) is 18.4. The maximum atomic E-state index is 13.3. The minimum atomic E-state index is 0.0833. The molecular weight excluding hydrogens is 436 g/mol. The Labute approximate surface area is 208 Å². The second-order valence-electron chi connectivity index (χ2n) is 9.39. The fraction of sp³-hybridized carbons (Fsp3) is 0.393. The first-order chi connectivity index (χ1) is 17.0. The van der Waals surface area contributed by atoms with E-state index in [0.717, 1.165) is 73.3 Å². The van der Waals surface area contributed by atoms with Crippen LogP contribution in [-0.2, 0) is 13.0 Å². The van der Waals surface area contributed by atoms with Gasteiger partial charge >= 0.3 is 0 Å². The lowest BCUT2D eigenvalue weighted by Crippen LogP contribution is -2.47. The molecule has 3 heterocycles. The number of aryl methyl sites for hydroxylation is 1. The number of hydrogen-bond donors (Lipinski definition) is 0. The first-order valence-corrected chi connectivity index (χ1v) is 12.6. The second-order valence-corrected chi connectivity index (χ2v) is 9.39. The zero-order valence-electron chi connectivity index (χ0n) is 20.9. The fourth-order valence-corrected chi connectivity index (χ4v) is 4.95. The molecule has 1 aromatic heterocycles. The zero-order chi connectivity index (χ0) is 24.4. The highest BCUT2D eigenvalue weighted by Crippen LogP contribution is 2.30. The van der Waals surface area contributed by atoms with E-state index >= 15 is 0 Å². The number of fused-ring (bicyclic) bond motifs is 1. The Hall–Kier alpha value is -3.61. The molecule has 0 radical (unpaired) electrons. The number of para-hydroxylation sites is 1. The molecule has 0 saturated carbocycles. The highest BCUT2D eigenvalue weighted by molar-refractivity contribution is 5.95. The molecule has 1 saturated heterocycles. The molecule has 3 aromatic rings. The summed E-state index contributed by atoms with van der Waals surface area (Å²) in [4.78, 5) is 32.2. The summed E-state index contributed by atoms with van der Waals surface area (Å²) in [7, 11) is 2.07. The third kappa shape index (κ3) is 4.67. The molecule has 182 valence electrons. The van der Waals surface area contributed by atoms with E-state index in [1.165, 1.54) is 5.69 Å². The molecule has 2 aliphatic heterocycles. The van der Waals surface area contributed by atoms with Crippen LogP contribution in [0.1, 0.15) is 34.1 Å². The van der Waals surface area contributed by atoms with Crippen molar-refractivity contribution in [2.45, 2.75) is 26.8 Å². The minimum Gasteiger partial charge on any atom is -0.368 e. The molecule has 35 heavy (non-hydrogen) atoms. The van der Waals surface area contributed by atoms with Crippen molar-refractivity contribution in [3.05, 3.63) is 77.0 Å². The zero-order valence-corrected chi connectivity index (χ0v) is 20.9. The summed E-state index contributed by atoms with van der Waals surface area (Å²) < 4.78 is 0. The molecule has 5 rings (SSSR count). The lowest BCUT2D eigenvalue weighted by atomic mass is 10.0. The van der Waals surface area contributed by atoms with Crippen molar-refractivity contribution >= 4 is 23.4 Å². The average Bonchev–Trinajstić information content (AvgIpc) is 2.92. The Morgan fingerprint density at radius 1 is 0.914 bits per heavy atom. The number of carbonyl (C=O) groups is 1. The molecule has 0 unspecified atom stereocenters. The molecule has 1 fully saturated rings. The first kappa shape index (κ1) is 23.1. The van der Waals surface area contributed by atoms with Crippen molar-refractivity contribution in [1.82, 2.24) is 14.9 Å². The Kier molecular flexibility index (Phi) is 6.57. The van der Waals surface area contributed by atoms with Gasteiger partial charge in [-0.25, -0.2) is 4.98 Å². The largest absolute Gasteiger partial charge is 0.368 e. The smallest absolute Gasteiger partial charge is 0.254 e. The molecule has 1 amide bonds. The van der Waals surface area contributed by atoms with Crippen molar-refractivity contribution < 1.29 is 4.79 Å². The lowest BCUT2D eigenvalue weighted by molar-refractivity contribution is 0.0733. The van der Waals surface area contributed by atoms with Gasteiger partial charge in [0.05, 0.1) is 12.2 Å². The summed E-state index contributed by atoms with van der Waals surface area (Å²) >= 11 is 0. The lowest BCUT2D eigenvalue weighted by Gasteiger charge is -2.37. The van der Waals surface area contributed by atoms with Crippen LogP contribution in [0.4, 0.5) is 17.5 Å². The second kappa shape index (κ2) is 9.94. The van der Waals surface area contributed by atoms with Gasteiger partial charge in [0.1, 0.15) is 5.82 Å². The van der Waals surface area contributed by atoms with Gasteiger partial charge in [0, 0.05) is 69.6 Å². The third-order valence-electron chi connectivity index (χ3n) is 7.21. The van der Waals surface area contributed by atoms with Crippen LogP contribution in [0, 0.1) is 6.92 Å². The quantitative estimate of drug-likeness (QED) is 0.566. The van der Waals surface area contributed by atoms with E-state index < -0.39 is 0 Å². The number of anilines is 3. The van der Waals surface area contributed by atoms with E-state index in [-0.39, 0.29) is 5.91 Å². The number of aromatic nitrogens is 2. The molecule has 0 N–H and O–H groups in total. The number of hydrogen-bond acceptors (Lipinski definition) is 6. The van der Waals surface area contributed by atoms with Gasteiger partial charge in [0.25, 0.3) is 5.91 Å². The third-order valence-corrected chi connectivity index (χ3v) is 7.21. The van der Waals surface area contributed by atoms with E-state index in [9.17, 15) is 4.79 Å². The Balaban J connectivity index is 1.38. The predicted molar refractivity (Wildman–Crippen MR) is 141 cm³/mol. The summed E-state index contributed by atoms with van der Waals surface area (Å²) in [5.74, 6) is 1.84. The van der Waals surface area contributed by atoms with Crippen LogP contribution in [0.5, 0.6) is 0 Å². The monoisotopic (exact) mass is 470 g/mol. The van der Waals surface area contributed by atoms with E-state index in [4.69, 9.17) is 9.97 Å². The van der Waals surface area contributed by atoms with Gasteiger partial charge in [-0.15, -0.1) is 0 Å². The summed E-state index contributed by atoms with van der Waals surface area (Å²) in [6.07, 6.45) is 0.747. The van der Waals surface area contributed by atoms with Gasteiger partial charge in [-0.3, -0.25) is 4.79 Å². The van der Waals surface area contributed by atoms with Crippen LogP contribution >= 0.6 is 0 Å².